The lowest BCUT2D eigenvalue weighted by Gasteiger charge is -2.40. The lowest BCUT2D eigenvalue weighted by Crippen LogP contribution is -2.45. The number of aryl methyl sites for hydroxylation is 1. The third kappa shape index (κ3) is 5.74. The minimum atomic E-state index is -3.54. The van der Waals surface area contributed by atoms with Gasteiger partial charge in [0.25, 0.3) is 0 Å². The van der Waals surface area contributed by atoms with Gasteiger partial charge < -0.3 is 9.88 Å². The Kier molecular flexibility index (Phi) is 5.49. The fourth-order valence-electron chi connectivity index (χ4n) is 6.24. The molecule has 1 aromatic carbocycles. The number of hydrogen-bond acceptors (Lipinski definition) is 4. The van der Waals surface area contributed by atoms with E-state index in [1.165, 1.54) is 0 Å². The lowest BCUT2D eigenvalue weighted by molar-refractivity contribution is -0.130. The van der Waals surface area contributed by atoms with Crippen LogP contribution in [-0.2, 0) is 4.79 Å². The highest BCUT2D eigenvalue weighted by molar-refractivity contribution is 5.79. The summed E-state index contributed by atoms with van der Waals surface area (Å²) in [5.74, 6) is -5.62. The normalized spacial score (nSPS) is 32.8. The number of nitrogens with zero attached hydrogens (tertiary/aromatic N) is 4. The van der Waals surface area contributed by atoms with Crippen molar-refractivity contribution in [2.45, 2.75) is 114 Å². The quantitative estimate of drug-likeness (QED) is 0.467. The highest BCUT2D eigenvalue weighted by Gasteiger charge is 2.42. The van der Waals surface area contributed by atoms with Crippen molar-refractivity contribution in [2.75, 3.05) is 6.54 Å². The summed E-state index contributed by atoms with van der Waals surface area (Å²) in [7, 11) is 0. The van der Waals surface area contributed by atoms with Gasteiger partial charge in [-0.25, -0.2) is 8.78 Å². The molecule has 37 heavy (non-hydrogen) atoms. The van der Waals surface area contributed by atoms with Crippen LogP contribution in [0.4, 0.5) is 8.78 Å². The SMILES string of the molecule is [2H]C([2H])([2H])c1nnc(C(C)C)n1C1CC2CCC(C1)N2CCC(NC(=O)C1C([2H])([2H])CC(F)(F)CC1([2H])[2H])c1ccccc1. The molecule has 2 saturated heterocycles. The monoisotopic (exact) mass is 520 g/mol. The number of rotatable bonds is 8. The maximum atomic E-state index is 14.2. The van der Waals surface area contributed by atoms with E-state index < -0.39 is 56.2 Å². The summed E-state index contributed by atoms with van der Waals surface area (Å²) in [6, 6.07) is 8.86. The number of fused-ring (bicyclic) bond motifs is 2. The van der Waals surface area contributed by atoms with E-state index in [1.54, 1.807) is 0 Å². The Hall–Kier alpha value is -2.35. The van der Waals surface area contributed by atoms with Crippen LogP contribution in [0.5, 0.6) is 0 Å². The number of alkyl halides is 2. The first-order valence-corrected chi connectivity index (χ1v) is 13.3. The molecule has 1 aliphatic carbocycles. The summed E-state index contributed by atoms with van der Waals surface area (Å²) in [5, 5.41) is 11.1. The van der Waals surface area contributed by atoms with E-state index in [0.29, 0.717) is 18.8 Å². The predicted molar refractivity (Wildman–Crippen MR) is 139 cm³/mol. The molecule has 1 amide bonds. The summed E-state index contributed by atoms with van der Waals surface area (Å²) < 4.78 is 87.0. The molecule has 2 aromatic rings. The zero-order chi connectivity index (χ0) is 32.2. The second-order valence-electron chi connectivity index (χ2n) is 11.0. The van der Waals surface area contributed by atoms with E-state index in [4.69, 9.17) is 9.60 Å². The standard InChI is InChI=1S/C29H41F2N5O/c1-19(2)27-34-33-20(3)36(27)25-17-23-9-10-24(18-25)35(23)16-13-26(21-7-5-4-6-8-21)32-28(37)22-11-14-29(30,31)15-12-22/h4-8,19,22-26H,9-18H2,1-3H3,(H,32,37)/i3D3,11D2,12D2. The number of carbonyl (C=O) groups excluding carboxylic acids is 1. The van der Waals surface area contributed by atoms with Gasteiger partial charge in [0, 0.05) is 58.9 Å². The molecule has 202 valence electrons. The van der Waals surface area contributed by atoms with Crippen molar-refractivity contribution in [1.29, 1.82) is 0 Å². The van der Waals surface area contributed by atoms with Gasteiger partial charge in [0.2, 0.25) is 11.8 Å². The number of benzene rings is 1. The summed E-state index contributed by atoms with van der Waals surface area (Å²) in [4.78, 5) is 15.9. The highest BCUT2D eigenvalue weighted by Crippen LogP contribution is 2.42. The minimum absolute atomic E-state index is 0.0114. The molecule has 3 fully saturated rings. The fraction of sp³-hybridized carbons (Fsp3) is 0.690. The van der Waals surface area contributed by atoms with E-state index in [1.807, 2.05) is 48.7 Å². The number of halogens is 2. The second-order valence-corrected chi connectivity index (χ2v) is 11.0. The summed E-state index contributed by atoms with van der Waals surface area (Å²) in [6.07, 6.45) is -4.05. The molecule has 1 N–H and O–H groups in total. The Morgan fingerprint density at radius 2 is 1.81 bits per heavy atom. The lowest BCUT2D eigenvalue weighted by atomic mass is 9.86. The third-order valence-electron chi connectivity index (χ3n) is 8.05. The van der Waals surface area contributed by atoms with Crippen LogP contribution in [0.25, 0.3) is 0 Å². The van der Waals surface area contributed by atoms with Crippen LogP contribution < -0.4 is 5.32 Å². The van der Waals surface area contributed by atoms with Crippen molar-refractivity contribution >= 4 is 5.91 Å². The molecule has 3 aliphatic rings. The molecule has 3 unspecified atom stereocenters. The van der Waals surface area contributed by atoms with Gasteiger partial charge in [-0.3, -0.25) is 9.69 Å². The van der Waals surface area contributed by atoms with Gasteiger partial charge in [-0.05, 0) is 57.3 Å². The Morgan fingerprint density at radius 1 is 1.14 bits per heavy atom. The highest BCUT2D eigenvalue weighted by atomic mass is 19.3. The van der Waals surface area contributed by atoms with E-state index in [0.717, 1.165) is 31.2 Å². The van der Waals surface area contributed by atoms with Crippen LogP contribution in [0.15, 0.2) is 30.3 Å². The Morgan fingerprint density at radius 3 is 2.43 bits per heavy atom. The largest absolute Gasteiger partial charge is 0.349 e. The van der Waals surface area contributed by atoms with Gasteiger partial charge in [0.15, 0.2) is 0 Å². The summed E-state index contributed by atoms with van der Waals surface area (Å²) in [6.45, 7) is 2.16. The van der Waals surface area contributed by atoms with Crippen molar-refractivity contribution in [3.8, 4) is 0 Å². The van der Waals surface area contributed by atoms with Gasteiger partial charge in [-0.1, -0.05) is 44.2 Å². The molecule has 3 atom stereocenters. The number of carbonyl (C=O) groups is 1. The number of amides is 1. The summed E-state index contributed by atoms with van der Waals surface area (Å²) in [5.41, 5.74) is 0.763. The van der Waals surface area contributed by atoms with Crippen LogP contribution in [0.1, 0.15) is 116 Å². The maximum absolute atomic E-state index is 14.2. The Labute approximate surface area is 229 Å². The summed E-state index contributed by atoms with van der Waals surface area (Å²) >= 11 is 0. The zero-order valence-corrected chi connectivity index (χ0v) is 21.5. The molecule has 2 bridgehead atoms. The molecule has 0 spiro atoms. The molecular weight excluding hydrogens is 472 g/mol. The first-order chi connectivity index (χ1) is 20.4. The third-order valence-corrected chi connectivity index (χ3v) is 8.05. The van der Waals surface area contributed by atoms with E-state index in [9.17, 15) is 13.6 Å². The fourth-order valence-corrected chi connectivity index (χ4v) is 6.24. The molecule has 1 aromatic heterocycles. The van der Waals surface area contributed by atoms with Gasteiger partial charge in [-0.15, -0.1) is 10.2 Å². The predicted octanol–water partition coefficient (Wildman–Crippen LogP) is 5.95. The maximum Gasteiger partial charge on any atom is 0.248 e. The molecule has 5 rings (SSSR count). The van der Waals surface area contributed by atoms with Crippen molar-refractivity contribution in [1.82, 2.24) is 25.0 Å². The Bertz CT molecular complexity index is 1300. The first-order valence-electron chi connectivity index (χ1n) is 16.8. The molecule has 2 aliphatic heterocycles. The van der Waals surface area contributed by atoms with Crippen molar-refractivity contribution in [3.05, 3.63) is 47.5 Å². The van der Waals surface area contributed by atoms with Crippen LogP contribution in [0.3, 0.4) is 0 Å². The average molecular weight is 521 g/mol. The smallest absolute Gasteiger partial charge is 0.248 e. The zero-order valence-electron chi connectivity index (χ0n) is 28.5. The van der Waals surface area contributed by atoms with Crippen molar-refractivity contribution in [2.24, 2.45) is 5.92 Å². The van der Waals surface area contributed by atoms with Gasteiger partial charge in [0.1, 0.15) is 11.6 Å². The van der Waals surface area contributed by atoms with Gasteiger partial charge >= 0.3 is 0 Å². The molecule has 6 nitrogen and oxygen atoms in total. The number of piperidine rings is 1. The Balaban J connectivity index is 1.32. The average Bonchev–Trinajstić information content (AvgIpc) is 3.43. The molecule has 1 saturated carbocycles. The second kappa shape index (κ2) is 10.8. The van der Waals surface area contributed by atoms with Crippen LogP contribution in [0, 0.1) is 12.8 Å². The molecule has 8 heteroatoms. The van der Waals surface area contributed by atoms with E-state index in [2.05, 4.69) is 20.4 Å². The van der Waals surface area contributed by atoms with Crippen LogP contribution in [-0.4, -0.2) is 50.1 Å². The molecule has 0 radical (unpaired) electrons. The van der Waals surface area contributed by atoms with Crippen molar-refractivity contribution < 1.29 is 23.2 Å². The molecule has 3 heterocycles. The number of hydrogen-bond donors (Lipinski definition) is 1. The van der Waals surface area contributed by atoms with Gasteiger partial charge in [-0.2, -0.15) is 0 Å². The minimum Gasteiger partial charge on any atom is -0.349 e. The first kappa shape index (κ1) is 18.8. The number of nitrogens with one attached hydrogen (secondary N) is 1. The topological polar surface area (TPSA) is 63.1 Å². The van der Waals surface area contributed by atoms with Crippen molar-refractivity contribution in [3.63, 3.8) is 0 Å². The van der Waals surface area contributed by atoms with Crippen LogP contribution >= 0.6 is 0 Å². The molecular formula is C29H41F2N5O. The van der Waals surface area contributed by atoms with E-state index in [-0.39, 0.29) is 29.9 Å². The van der Waals surface area contributed by atoms with Crippen LogP contribution in [0.2, 0.25) is 0 Å². The number of aromatic nitrogens is 3. The van der Waals surface area contributed by atoms with E-state index >= 15 is 0 Å². The van der Waals surface area contributed by atoms with Gasteiger partial charge in [0.05, 0.1) is 6.04 Å².